The number of carboxylic acid groups (broad SMARTS) is 1. The monoisotopic (exact) mass is 282 g/mol. The Labute approximate surface area is 118 Å². The zero-order valence-corrected chi connectivity index (χ0v) is 12.6. The second-order valence-electron chi connectivity index (χ2n) is 5.89. The third kappa shape index (κ3) is 4.08. The smallest absolute Gasteiger partial charge is 0.303 e. The lowest BCUT2D eigenvalue weighted by molar-refractivity contribution is -0.137. The van der Waals surface area contributed by atoms with Gasteiger partial charge >= 0.3 is 5.97 Å². The molecule has 0 bridgehead atoms. The molecule has 0 aliphatic rings. The number of nitrogens with one attached hydrogen (secondary N) is 1. The van der Waals surface area contributed by atoms with Gasteiger partial charge in [0.15, 0.2) is 5.76 Å². The van der Waals surface area contributed by atoms with Gasteiger partial charge in [-0.1, -0.05) is 19.0 Å². The summed E-state index contributed by atoms with van der Waals surface area (Å²) in [5, 5.41) is 15.4. The minimum Gasteiger partial charge on any atom is -0.481 e. The van der Waals surface area contributed by atoms with E-state index in [1.54, 1.807) is 20.8 Å². The number of carbonyl (C=O) groups is 2. The largest absolute Gasteiger partial charge is 0.481 e. The first-order valence-corrected chi connectivity index (χ1v) is 6.64. The van der Waals surface area contributed by atoms with Crippen LogP contribution in [0.3, 0.4) is 0 Å². The van der Waals surface area contributed by atoms with E-state index in [1.165, 1.54) is 0 Å². The number of nitrogens with zero attached hydrogens (tertiary/aromatic N) is 1. The number of hydrogen-bond donors (Lipinski definition) is 2. The van der Waals surface area contributed by atoms with Crippen LogP contribution < -0.4 is 5.32 Å². The molecule has 0 unspecified atom stereocenters. The van der Waals surface area contributed by atoms with Crippen molar-refractivity contribution in [2.24, 2.45) is 0 Å². The minimum absolute atomic E-state index is 0.00688. The van der Waals surface area contributed by atoms with Crippen molar-refractivity contribution in [3.63, 3.8) is 0 Å². The molecular weight excluding hydrogens is 260 g/mol. The minimum atomic E-state index is -0.878. The summed E-state index contributed by atoms with van der Waals surface area (Å²) in [6.07, 6.45) is 0.363. The maximum absolute atomic E-state index is 12.4. The van der Waals surface area contributed by atoms with E-state index in [4.69, 9.17) is 9.63 Å². The van der Waals surface area contributed by atoms with E-state index >= 15 is 0 Å². The van der Waals surface area contributed by atoms with Crippen LogP contribution in [0.4, 0.5) is 0 Å². The molecule has 0 aromatic carbocycles. The standard InChI is InChI=1S/C14H22N2O4/c1-8(2)12-11(9(3)16-20-12)13(19)15-14(4,5)7-6-10(17)18/h8H,6-7H2,1-5H3,(H,15,19)(H,17,18). The van der Waals surface area contributed by atoms with Gasteiger partial charge in [0.1, 0.15) is 5.56 Å². The number of amides is 1. The van der Waals surface area contributed by atoms with Crippen LogP contribution in [0.15, 0.2) is 4.52 Å². The van der Waals surface area contributed by atoms with E-state index < -0.39 is 11.5 Å². The van der Waals surface area contributed by atoms with E-state index in [1.807, 2.05) is 13.8 Å². The predicted octanol–water partition coefficient (Wildman–Crippen LogP) is 2.48. The molecule has 0 saturated heterocycles. The summed E-state index contributed by atoms with van der Waals surface area (Å²) in [7, 11) is 0. The van der Waals surface area contributed by atoms with Crippen molar-refractivity contribution in [1.82, 2.24) is 10.5 Å². The lowest BCUT2D eigenvalue weighted by Crippen LogP contribution is -2.44. The van der Waals surface area contributed by atoms with Gasteiger partial charge in [-0.2, -0.15) is 0 Å². The number of carboxylic acids is 1. The summed E-state index contributed by atoms with van der Waals surface area (Å²) in [4.78, 5) is 23.0. The quantitative estimate of drug-likeness (QED) is 0.836. The van der Waals surface area contributed by atoms with Gasteiger partial charge in [-0.3, -0.25) is 9.59 Å². The number of aliphatic carboxylic acids is 1. The Bertz CT molecular complexity index is 503. The van der Waals surface area contributed by atoms with Crippen molar-refractivity contribution < 1.29 is 19.2 Å². The number of rotatable bonds is 6. The molecule has 0 radical (unpaired) electrons. The molecule has 20 heavy (non-hydrogen) atoms. The Morgan fingerprint density at radius 1 is 1.40 bits per heavy atom. The molecule has 6 nitrogen and oxygen atoms in total. The van der Waals surface area contributed by atoms with Crippen molar-refractivity contribution in [2.45, 2.75) is 58.9 Å². The van der Waals surface area contributed by atoms with Gasteiger partial charge in [-0.25, -0.2) is 0 Å². The van der Waals surface area contributed by atoms with Gasteiger partial charge in [-0.15, -0.1) is 0 Å². The van der Waals surface area contributed by atoms with Crippen LogP contribution in [-0.4, -0.2) is 27.7 Å². The highest BCUT2D eigenvalue weighted by atomic mass is 16.5. The second-order valence-corrected chi connectivity index (χ2v) is 5.89. The first-order valence-electron chi connectivity index (χ1n) is 6.64. The van der Waals surface area contributed by atoms with Gasteiger partial charge in [0.05, 0.1) is 5.69 Å². The summed E-state index contributed by atoms with van der Waals surface area (Å²) in [5.41, 5.74) is 0.386. The maximum atomic E-state index is 12.4. The lowest BCUT2D eigenvalue weighted by Gasteiger charge is -2.25. The Kier molecular flexibility index (Phi) is 4.92. The molecule has 0 atom stereocenters. The average Bonchev–Trinajstić information content (AvgIpc) is 2.68. The zero-order chi connectivity index (χ0) is 15.5. The molecule has 0 spiro atoms. The molecule has 1 rings (SSSR count). The van der Waals surface area contributed by atoms with Gasteiger partial charge < -0.3 is 14.9 Å². The fourth-order valence-corrected chi connectivity index (χ4v) is 1.91. The molecular formula is C14H22N2O4. The molecule has 2 N–H and O–H groups in total. The SMILES string of the molecule is Cc1noc(C(C)C)c1C(=O)NC(C)(C)CCC(=O)O. The Morgan fingerprint density at radius 2 is 2.00 bits per heavy atom. The topological polar surface area (TPSA) is 92.4 Å². The van der Waals surface area contributed by atoms with Crippen LogP contribution in [0, 0.1) is 6.92 Å². The van der Waals surface area contributed by atoms with Crippen LogP contribution >= 0.6 is 0 Å². The highest BCUT2D eigenvalue weighted by molar-refractivity contribution is 5.96. The molecule has 1 amide bonds. The first kappa shape index (κ1) is 16.2. The lowest BCUT2D eigenvalue weighted by atomic mass is 9.96. The Hall–Kier alpha value is -1.85. The summed E-state index contributed by atoms with van der Waals surface area (Å²) < 4.78 is 5.19. The van der Waals surface area contributed by atoms with E-state index in [9.17, 15) is 9.59 Å². The van der Waals surface area contributed by atoms with Crippen molar-refractivity contribution in [1.29, 1.82) is 0 Å². The Morgan fingerprint density at radius 3 is 2.50 bits per heavy atom. The molecule has 1 aromatic rings. The fourth-order valence-electron chi connectivity index (χ4n) is 1.91. The molecule has 1 heterocycles. The van der Waals surface area contributed by atoms with Crippen molar-refractivity contribution in [3.05, 3.63) is 17.0 Å². The van der Waals surface area contributed by atoms with Crippen molar-refractivity contribution >= 4 is 11.9 Å². The molecule has 6 heteroatoms. The molecule has 0 saturated carbocycles. The molecule has 0 aliphatic carbocycles. The average molecular weight is 282 g/mol. The van der Waals surface area contributed by atoms with Crippen LogP contribution in [0.1, 0.15) is 68.3 Å². The predicted molar refractivity (Wildman–Crippen MR) is 73.7 cm³/mol. The molecule has 1 aromatic heterocycles. The maximum Gasteiger partial charge on any atom is 0.303 e. The zero-order valence-electron chi connectivity index (χ0n) is 12.6. The number of aryl methyl sites for hydroxylation is 1. The van der Waals surface area contributed by atoms with Crippen molar-refractivity contribution in [2.75, 3.05) is 0 Å². The number of hydrogen-bond acceptors (Lipinski definition) is 4. The summed E-state index contributed by atoms with van der Waals surface area (Å²) in [6, 6.07) is 0. The second kappa shape index (κ2) is 6.07. The highest BCUT2D eigenvalue weighted by Gasteiger charge is 2.27. The number of aromatic nitrogens is 1. The van der Waals surface area contributed by atoms with Gasteiger partial charge in [0.25, 0.3) is 5.91 Å². The van der Waals surface area contributed by atoms with Crippen LogP contribution in [-0.2, 0) is 4.79 Å². The van der Waals surface area contributed by atoms with Gasteiger partial charge in [0.2, 0.25) is 0 Å². The normalized spacial score (nSPS) is 11.7. The third-order valence-electron chi connectivity index (χ3n) is 3.06. The first-order chi connectivity index (χ1) is 9.14. The summed E-state index contributed by atoms with van der Waals surface area (Å²) >= 11 is 0. The highest BCUT2D eigenvalue weighted by Crippen LogP contribution is 2.23. The fraction of sp³-hybridized carbons (Fsp3) is 0.643. The van der Waals surface area contributed by atoms with Crippen molar-refractivity contribution in [3.8, 4) is 0 Å². The molecule has 0 fully saturated rings. The summed E-state index contributed by atoms with van der Waals surface area (Å²) in [5.74, 6) is -0.549. The van der Waals surface area contributed by atoms with Crippen LogP contribution in [0.2, 0.25) is 0 Å². The van der Waals surface area contributed by atoms with Gasteiger partial charge in [-0.05, 0) is 27.2 Å². The van der Waals surface area contributed by atoms with Crippen LogP contribution in [0.25, 0.3) is 0 Å². The third-order valence-corrected chi connectivity index (χ3v) is 3.06. The molecule has 0 aliphatic heterocycles. The van der Waals surface area contributed by atoms with Crippen LogP contribution in [0.5, 0.6) is 0 Å². The van der Waals surface area contributed by atoms with Gasteiger partial charge in [0, 0.05) is 17.9 Å². The molecule has 112 valence electrons. The summed E-state index contributed by atoms with van der Waals surface area (Å²) in [6.45, 7) is 9.16. The van der Waals surface area contributed by atoms with E-state index in [0.717, 1.165) is 0 Å². The Balaban J connectivity index is 2.86. The number of carbonyl (C=O) groups excluding carboxylic acids is 1. The van der Waals surface area contributed by atoms with E-state index in [2.05, 4.69) is 10.5 Å². The van der Waals surface area contributed by atoms with E-state index in [0.29, 0.717) is 23.4 Å². The van der Waals surface area contributed by atoms with E-state index in [-0.39, 0.29) is 18.2 Å².